The highest BCUT2D eigenvalue weighted by molar-refractivity contribution is 8.01. The minimum absolute atomic E-state index is 0.389. The number of anilines is 1. The lowest BCUT2D eigenvalue weighted by Crippen LogP contribution is -1.95. The maximum Gasteiger partial charge on any atom is 0.176 e. The summed E-state index contributed by atoms with van der Waals surface area (Å²) in [5.74, 6) is 0. The first-order valence-corrected chi connectivity index (χ1v) is 5.49. The molecule has 2 rings (SSSR count). The van der Waals surface area contributed by atoms with E-state index >= 15 is 0 Å². The van der Waals surface area contributed by atoms with Crippen LogP contribution in [0.5, 0.6) is 0 Å². The minimum atomic E-state index is 0.389. The van der Waals surface area contributed by atoms with Gasteiger partial charge in [-0.05, 0) is 29.4 Å². The summed E-state index contributed by atoms with van der Waals surface area (Å²) in [6.07, 6.45) is 3.02. The summed E-state index contributed by atoms with van der Waals surface area (Å²) in [7, 11) is 0. The molecular weight excluding hydrogens is 230 g/mol. The van der Waals surface area contributed by atoms with Crippen LogP contribution in [0.4, 0.5) is 5.69 Å². The lowest BCUT2D eigenvalue weighted by Gasteiger charge is -2.01. The van der Waals surface area contributed by atoms with Gasteiger partial charge in [-0.25, -0.2) is 9.97 Å². The van der Waals surface area contributed by atoms with Crippen molar-refractivity contribution in [2.24, 2.45) is 0 Å². The van der Waals surface area contributed by atoms with Crippen LogP contribution in [0.15, 0.2) is 28.0 Å². The number of hydrogen-bond donors (Lipinski definition) is 1. The molecule has 0 amide bonds. The molecular formula is C8H5N5S2. The first-order valence-electron chi connectivity index (χ1n) is 3.90. The van der Waals surface area contributed by atoms with E-state index in [1.54, 1.807) is 12.3 Å². The lowest BCUT2D eigenvalue weighted by molar-refractivity contribution is 1.12. The van der Waals surface area contributed by atoms with Gasteiger partial charge in [-0.15, -0.1) is 0 Å². The van der Waals surface area contributed by atoms with Crippen LogP contribution in [-0.2, 0) is 0 Å². The van der Waals surface area contributed by atoms with E-state index in [4.69, 9.17) is 11.0 Å². The largest absolute Gasteiger partial charge is 0.395 e. The van der Waals surface area contributed by atoms with Crippen molar-refractivity contribution in [2.75, 3.05) is 5.73 Å². The van der Waals surface area contributed by atoms with Crippen molar-refractivity contribution in [2.45, 2.75) is 9.37 Å². The van der Waals surface area contributed by atoms with E-state index in [2.05, 4.69) is 14.3 Å². The van der Waals surface area contributed by atoms with Gasteiger partial charge in [0.1, 0.15) is 17.4 Å². The number of nitriles is 1. The molecule has 0 aromatic carbocycles. The fourth-order valence-electron chi connectivity index (χ4n) is 0.923. The average molecular weight is 235 g/mol. The van der Waals surface area contributed by atoms with E-state index in [1.807, 2.05) is 6.07 Å². The Morgan fingerprint density at radius 1 is 1.47 bits per heavy atom. The molecule has 15 heavy (non-hydrogen) atoms. The first kappa shape index (κ1) is 9.89. The highest BCUT2D eigenvalue weighted by atomic mass is 32.2. The summed E-state index contributed by atoms with van der Waals surface area (Å²) < 4.78 is 4.62. The van der Waals surface area contributed by atoms with Crippen LogP contribution in [0.3, 0.4) is 0 Å². The molecule has 0 fully saturated rings. The third-order valence-electron chi connectivity index (χ3n) is 1.60. The molecule has 0 saturated carbocycles. The highest BCUT2D eigenvalue weighted by Crippen LogP contribution is 2.31. The molecule has 0 unspecified atom stereocenters. The van der Waals surface area contributed by atoms with Gasteiger partial charge in [-0.2, -0.15) is 9.64 Å². The monoisotopic (exact) mass is 235 g/mol. The molecule has 0 saturated heterocycles. The molecule has 0 bridgehead atoms. The predicted octanol–water partition coefficient (Wildman–Crippen LogP) is 1.54. The number of aromatic nitrogens is 3. The van der Waals surface area contributed by atoms with Crippen LogP contribution in [-0.4, -0.2) is 14.3 Å². The molecule has 0 radical (unpaired) electrons. The van der Waals surface area contributed by atoms with E-state index in [-0.39, 0.29) is 0 Å². The van der Waals surface area contributed by atoms with Gasteiger partial charge >= 0.3 is 0 Å². The van der Waals surface area contributed by atoms with Crippen LogP contribution in [0.25, 0.3) is 0 Å². The van der Waals surface area contributed by atoms with E-state index in [0.29, 0.717) is 16.3 Å². The van der Waals surface area contributed by atoms with Crippen molar-refractivity contribution in [3.8, 4) is 6.07 Å². The second kappa shape index (κ2) is 4.25. The molecule has 0 aliphatic heterocycles. The minimum Gasteiger partial charge on any atom is -0.395 e. The fourth-order valence-corrected chi connectivity index (χ4v) is 2.32. The summed E-state index contributed by atoms with van der Waals surface area (Å²) in [5, 5.41) is 9.37. The normalized spacial score (nSPS) is 9.80. The topological polar surface area (TPSA) is 88.5 Å². The van der Waals surface area contributed by atoms with E-state index in [1.165, 1.54) is 29.6 Å². The predicted molar refractivity (Wildman–Crippen MR) is 57.4 cm³/mol. The van der Waals surface area contributed by atoms with Gasteiger partial charge < -0.3 is 5.73 Å². The molecule has 0 atom stereocenters. The van der Waals surface area contributed by atoms with Gasteiger partial charge in [-0.1, -0.05) is 0 Å². The van der Waals surface area contributed by atoms with Crippen molar-refractivity contribution < 1.29 is 0 Å². The molecule has 2 N–H and O–H groups in total. The second-order valence-electron chi connectivity index (χ2n) is 2.50. The Morgan fingerprint density at radius 2 is 2.33 bits per heavy atom. The smallest absolute Gasteiger partial charge is 0.176 e. The number of nitrogen functional groups attached to an aromatic ring is 1. The number of nitrogens with zero attached hydrogens (tertiary/aromatic N) is 4. The van der Waals surface area contributed by atoms with Crippen molar-refractivity contribution in [3.05, 3.63) is 24.2 Å². The summed E-state index contributed by atoms with van der Waals surface area (Å²) in [6.45, 7) is 0. The second-order valence-corrected chi connectivity index (χ2v) is 4.51. The van der Waals surface area contributed by atoms with E-state index in [9.17, 15) is 0 Å². The third-order valence-corrected chi connectivity index (χ3v) is 3.33. The SMILES string of the molecule is N#Cc1ccnc(Sc2ncns2)c1N. The van der Waals surface area contributed by atoms with Crippen molar-refractivity contribution in [1.29, 1.82) is 5.26 Å². The van der Waals surface area contributed by atoms with Gasteiger partial charge in [-0.3, -0.25) is 0 Å². The van der Waals surface area contributed by atoms with E-state index < -0.39 is 0 Å². The molecule has 0 aliphatic carbocycles. The summed E-state index contributed by atoms with van der Waals surface area (Å²) in [6, 6.07) is 3.59. The van der Waals surface area contributed by atoms with Crippen molar-refractivity contribution >= 4 is 29.0 Å². The molecule has 0 spiro atoms. The molecule has 7 heteroatoms. The fraction of sp³-hybridized carbons (Fsp3) is 0. The van der Waals surface area contributed by atoms with Gasteiger partial charge in [0.15, 0.2) is 4.34 Å². The first-order chi connectivity index (χ1) is 7.31. The van der Waals surface area contributed by atoms with Gasteiger partial charge in [0.25, 0.3) is 0 Å². The Bertz CT molecular complexity index is 502. The highest BCUT2D eigenvalue weighted by Gasteiger charge is 2.09. The number of hydrogen-bond acceptors (Lipinski definition) is 7. The zero-order valence-electron chi connectivity index (χ0n) is 7.41. The Morgan fingerprint density at radius 3 is 3.00 bits per heavy atom. The van der Waals surface area contributed by atoms with Gasteiger partial charge in [0.05, 0.1) is 11.3 Å². The Labute approximate surface area is 94.1 Å². The van der Waals surface area contributed by atoms with Crippen molar-refractivity contribution in [3.63, 3.8) is 0 Å². The van der Waals surface area contributed by atoms with Gasteiger partial charge in [0.2, 0.25) is 0 Å². The van der Waals surface area contributed by atoms with Crippen LogP contribution in [0.1, 0.15) is 5.56 Å². The van der Waals surface area contributed by atoms with Crippen LogP contribution in [0, 0.1) is 11.3 Å². The molecule has 2 aromatic rings. The van der Waals surface area contributed by atoms with E-state index in [0.717, 1.165) is 4.34 Å². The molecule has 5 nitrogen and oxygen atoms in total. The third kappa shape index (κ3) is 2.06. The quantitative estimate of drug-likeness (QED) is 0.849. The average Bonchev–Trinajstić information content (AvgIpc) is 2.74. The van der Waals surface area contributed by atoms with Crippen LogP contribution < -0.4 is 5.73 Å². The zero-order chi connectivity index (χ0) is 10.7. The Kier molecular flexibility index (Phi) is 2.80. The molecule has 74 valence electrons. The van der Waals surface area contributed by atoms with Crippen LogP contribution >= 0.6 is 23.3 Å². The number of rotatable bonds is 2. The lowest BCUT2D eigenvalue weighted by atomic mass is 10.2. The molecule has 0 aliphatic rings. The summed E-state index contributed by atoms with van der Waals surface area (Å²) in [4.78, 5) is 8.09. The van der Waals surface area contributed by atoms with Gasteiger partial charge in [0, 0.05) is 6.20 Å². The Hall–Kier alpha value is -1.65. The molecule has 2 aromatic heterocycles. The number of pyridine rings is 1. The zero-order valence-corrected chi connectivity index (χ0v) is 9.05. The summed E-state index contributed by atoms with van der Waals surface area (Å²) >= 11 is 2.57. The van der Waals surface area contributed by atoms with Crippen molar-refractivity contribution in [1.82, 2.24) is 14.3 Å². The Balaban J connectivity index is 2.34. The maximum absolute atomic E-state index is 8.78. The molecule has 2 heterocycles. The standard InChI is InChI=1S/C8H5N5S2/c9-3-5-1-2-11-7(6(5)10)14-8-12-4-13-15-8/h1-2,4H,10H2. The summed E-state index contributed by atoms with van der Waals surface area (Å²) in [5.41, 5.74) is 6.58. The maximum atomic E-state index is 8.78. The number of nitrogens with two attached hydrogens (primary N) is 1. The van der Waals surface area contributed by atoms with Crippen LogP contribution in [0.2, 0.25) is 0 Å².